The minimum absolute atomic E-state index is 0.115. The first kappa shape index (κ1) is 21.2. The van der Waals surface area contributed by atoms with Crippen molar-refractivity contribution in [3.8, 4) is 17.0 Å². The molecule has 0 aliphatic carbocycles. The Bertz CT molecular complexity index is 1040. The molecule has 0 saturated heterocycles. The van der Waals surface area contributed by atoms with Gasteiger partial charge in [-0.25, -0.2) is 4.98 Å². The largest absolute Gasteiger partial charge is 0.573 e. The molecule has 1 aromatic heterocycles. The lowest BCUT2D eigenvalue weighted by molar-refractivity contribution is -0.274. The fraction of sp³-hybridized carbons (Fsp3) is 0.158. The Morgan fingerprint density at radius 1 is 0.867 bits per heavy atom. The Morgan fingerprint density at radius 3 is 2.27 bits per heavy atom. The second kappa shape index (κ2) is 8.09. The van der Waals surface area contributed by atoms with Gasteiger partial charge in [0.05, 0.1) is 11.3 Å². The van der Waals surface area contributed by atoms with E-state index < -0.39 is 23.9 Å². The predicted octanol–water partition coefficient (Wildman–Crippen LogP) is 5.85. The van der Waals surface area contributed by atoms with Gasteiger partial charge in [0, 0.05) is 24.4 Å². The highest BCUT2D eigenvalue weighted by atomic mass is 19.4. The molecule has 0 unspecified atom stereocenters. The molecule has 3 aromatic rings. The summed E-state index contributed by atoms with van der Waals surface area (Å²) >= 11 is 0. The van der Waals surface area contributed by atoms with Gasteiger partial charge in [0.25, 0.3) is 0 Å². The van der Waals surface area contributed by atoms with E-state index in [0.717, 1.165) is 24.3 Å². The lowest BCUT2D eigenvalue weighted by atomic mass is 10.1. The van der Waals surface area contributed by atoms with Crippen LogP contribution in [0, 0.1) is 0 Å². The van der Waals surface area contributed by atoms with Crippen LogP contribution in [0.4, 0.5) is 43.8 Å². The number of nitrogens with one attached hydrogen (secondary N) is 2. The summed E-state index contributed by atoms with van der Waals surface area (Å²) in [7, 11) is 1.52. The molecule has 0 aliphatic heterocycles. The van der Waals surface area contributed by atoms with E-state index in [1.54, 1.807) is 0 Å². The smallest absolute Gasteiger partial charge is 0.406 e. The molecule has 0 atom stereocenters. The van der Waals surface area contributed by atoms with Crippen LogP contribution >= 0.6 is 0 Å². The fourth-order valence-electron chi connectivity index (χ4n) is 2.54. The first-order chi connectivity index (χ1) is 14.0. The highest BCUT2D eigenvalue weighted by molar-refractivity contribution is 5.68. The molecule has 5 nitrogen and oxygen atoms in total. The molecule has 0 aliphatic rings. The fourth-order valence-corrected chi connectivity index (χ4v) is 2.54. The van der Waals surface area contributed by atoms with E-state index in [0.29, 0.717) is 5.56 Å². The van der Waals surface area contributed by atoms with Crippen molar-refractivity contribution >= 4 is 17.5 Å². The molecule has 0 saturated carbocycles. The number of benzene rings is 2. The van der Waals surface area contributed by atoms with E-state index in [2.05, 4.69) is 25.3 Å². The Labute approximate surface area is 166 Å². The first-order valence-corrected chi connectivity index (χ1v) is 8.41. The molecule has 158 valence electrons. The van der Waals surface area contributed by atoms with E-state index in [4.69, 9.17) is 0 Å². The second-order valence-corrected chi connectivity index (χ2v) is 5.99. The molecule has 30 heavy (non-hydrogen) atoms. The van der Waals surface area contributed by atoms with Gasteiger partial charge >= 0.3 is 12.5 Å². The van der Waals surface area contributed by atoms with Gasteiger partial charge in [0.1, 0.15) is 11.6 Å². The number of halogens is 6. The van der Waals surface area contributed by atoms with Crippen molar-refractivity contribution in [3.05, 3.63) is 60.2 Å². The van der Waals surface area contributed by atoms with Crippen LogP contribution < -0.4 is 15.4 Å². The summed E-state index contributed by atoms with van der Waals surface area (Å²) in [6.07, 6.45) is -9.36. The molecule has 3 rings (SSSR count). The van der Waals surface area contributed by atoms with E-state index in [-0.39, 0.29) is 23.1 Å². The molecule has 0 amide bonds. The summed E-state index contributed by atoms with van der Waals surface area (Å²) in [5, 5.41) is 5.45. The Hall–Kier alpha value is -3.50. The number of anilines is 3. The SMILES string of the molecule is CNc1nc(Nc2cccc(C(F)(F)F)c2)cc(-c2cccc(OC(F)(F)F)c2)n1. The number of rotatable bonds is 5. The number of ether oxygens (including phenoxy) is 1. The molecular formula is C19H14F6N4O. The molecule has 0 bridgehead atoms. The minimum Gasteiger partial charge on any atom is -0.406 e. The van der Waals surface area contributed by atoms with Crippen LogP contribution in [0.2, 0.25) is 0 Å². The molecule has 0 fully saturated rings. The number of nitrogens with zero attached hydrogens (tertiary/aromatic N) is 2. The highest BCUT2D eigenvalue weighted by Crippen LogP contribution is 2.32. The third-order valence-electron chi connectivity index (χ3n) is 3.78. The average molecular weight is 428 g/mol. The van der Waals surface area contributed by atoms with E-state index in [1.807, 2.05) is 0 Å². The maximum atomic E-state index is 12.9. The molecule has 0 radical (unpaired) electrons. The summed E-state index contributed by atoms with van der Waals surface area (Å²) in [6, 6.07) is 11.1. The predicted molar refractivity (Wildman–Crippen MR) is 98.4 cm³/mol. The van der Waals surface area contributed by atoms with Gasteiger partial charge in [-0.15, -0.1) is 13.2 Å². The Balaban J connectivity index is 1.94. The van der Waals surface area contributed by atoms with Gasteiger partial charge in [-0.05, 0) is 30.3 Å². The standard InChI is InChI=1S/C19H14F6N4O/c1-26-17-28-15(11-4-2-7-14(8-11)30-19(23,24)25)10-16(29-17)27-13-6-3-5-12(9-13)18(20,21)22/h2-10H,1H3,(H2,26,27,28,29). The van der Waals surface area contributed by atoms with Crippen LogP contribution in [-0.4, -0.2) is 23.4 Å². The van der Waals surface area contributed by atoms with Gasteiger partial charge in [0.15, 0.2) is 0 Å². The summed E-state index contributed by atoms with van der Waals surface area (Å²) in [6.45, 7) is 0. The topological polar surface area (TPSA) is 59.1 Å². The van der Waals surface area contributed by atoms with Gasteiger partial charge in [-0.2, -0.15) is 18.2 Å². The molecule has 11 heteroatoms. The maximum absolute atomic E-state index is 12.9. The molecule has 1 heterocycles. The van der Waals surface area contributed by atoms with Gasteiger partial charge in [-0.3, -0.25) is 0 Å². The number of hydrogen-bond acceptors (Lipinski definition) is 5. The van der Waals surface area contributed by atoms with Crippen molar-refractivity contribution < 1.29 is 31.1 Å². The van der Waals surface area contributed by atoms with Gasteiger partial charge < -0.3 is 15.4 Å². The zero-order chi connectivity index (χ0) is 21.9. The second-order valence-electron chi connectivity index (χ2n) is 5.99. The van der Waals surface area contributed by atoms with Crippen molar-refractivity contribution in [2.45, 2.75) is 12.5 Å². The van der Waals surface area contributed by atoms with Crippen molar-refractivity contribution in [3.63, 3.8) is 0 Å². The molecule has 2 N–H and O–H groups in total. The summed E-state index contributed by atoms with van der Waals surface area (Å²) in [5.41, 5.74) is -0.183. The lowest BCUT2D eigenvalue weighted by Crippen LogP contribution is -2.17. The number of aromatic nitrogens is 2. The average Bonchev–Trinajstić information content (AvgIpc) is 2.66. The van der Waals surface area contributed by atoms with Crippen LogP contribution in [0.3, 0.4) is 0 Å². The number of alkyl halides is 6. The molecule has 0 spiro atoms. The van der Waals surface area contributed by atoms with Crippen LogP contribution in [0.1, 0.15) is 5.56 Å². The first-order valence-electron chi connectivity index (χ1n) is 8.41. The molecular weight excluding hydrogens is 414 g/mol. The Kier molecular flexibility index (Phi) is 5.72. The van der Waals surface area contributed by atoms with Crippen molar-refractivity contribution in [2.24, 2.45) is 0 Å². The zero-order valence-corrected chi connectivity index (χ0v) is 15.3. The third-order valence-corrected chi connectivity index (χ3v) is 3.78. The third kappa shape index (κ3) is 5.52. The van der Waals surface area contributed by atoms with Crippen molar-refractivity contribution in [2.75, 3.05) is 17.7 Å². The maximum Gasteiger partial charge on any atom is 0.573 e. The summed E-state index contributed by atoms with van der Waals surface area (Å²) in [5.74, 6) is -0.174. The summed E-state index contributed by atoms with van der Waals surface area (Å²) in [4.78, 5) is 8.30. The quantitative estimate of drug-likeness (QED) is 0.500. The van der Waals surface area contributed by atoms with Gasteiger partial charge in [-0.1, -0.05) is 18.2 Å². The minimum atomic E-state index is -4.85. The van der Waals surface area contributed by atoms with Crippen LogP contribution in [0.25, 0.3) is 11.3 Å². The lowest BCUT2D eigenvalue weighted by Gasteiger charge is -2.13. The van der Waals surface area contributed by atoms with E-state index in [1.165, 1.54) is 37.4 Å². The van der Waals surface area contributed by atoms with Crippen LogP contribution in [0.15, 0.2) is 54.6 Å². The normalized spacial score (nSPS) is 11.8. The van der Waals surface area contributed by atoms with E-state index in [9.17, 15) is 26.3 Å². The summed E-state index contributed by atoms with van der Waals surface area (Å²) < 4.78 is 80.1. The Morgan fingerprint density at radius 2 is 1.60 bits per heavy atom. The van der Waals surface area contributed by atoms with Crippen molar-refractivity contribution in [1.82, 2.24) is 9.97 Å². The zero-order valence-electron chi connectivity index (χ0n) is 15.3. The van der Waals surface area contributed by atoms with Crippen LogP contribution in [-0.2, 0) is 6.18 Å². The van der Waals surface area contributed by atoms with Crippen LogP contribution in [0.5, 0.6) is 5.75 Å². The van der Waals surface area contributed by atoms with E-state index >= 15 is 0 Å². The monoisotopic (exact) mass is 428 g/mol. The van der Waals surface area contributed by atoms with Gasteiger partial charge in [0.2, 0.25) is 5.95 Å². The molecule has 2 aromatic carbocycles. The number of hydrogen-bond donors (Lipinski definition) is 2. The highest BCUT2D eigenvalue weighted by Gasteiger charge is 2.31. The van der Waals surface area contributed by atoms with Crippen molar-refractivity contribution in [1.29, 1.82) is 0 Å².